The molecule has 1 heterocycles. The van der Waals surface area contributed by atoms with Gasteiger partial charge in [0.05, 0.1) is 24.3 Å². The maximum atomic E-state index is 11.9. The zero-order valence-corrected chi connectivity index (χ0v) is 11.7. The van der Waals surface area contributed by atoms with Crippen molar-refractivity contribution in [1.29, 1.82) is 0 Å². The number of carbonyl (C=O) groups excluding carboxylic acids is 1. The molecule has 114 valence electrons. The normalized spacial score (nSPS) is 34.0. The van der Waals surface area contributed by atoms with Gasteiger partial charge < -0.3 is 20.1 Å². The van der Waals surface area contributed by atoms with Crippen molar-refractivity contribution < 1.29 is 24.9 Å². The Morgan fingerprint density at radius 2 is 1.95 bits per heavy atom. The molecule has 1 saturated heterocycles. The van der Waals surface area contributed by atoms with Gasteiger partial charge in [0.1, 0.15) is 12.3 Å². The predicted molar refractivity (Wildman–Crippen MR) is 71.8 cm³/mol. The molecule has 6 nitrogen and oxygen atoms in total. The number of esters is 1. The van der Waals surface area contributed by atoms with E-state index in [1.54, 1.807) is 0 Å². The van der Waals surface area contributed by atoms with Crippen LogP contribution in [0, 0.1) is 0 Å². The van der Waals surface area contributed by atoms with Gasteiger partial charge in [0, 0.05) is 5.57 Å². The van der Waals surface area contributed by atoms with Crippen LogP contribution in [0.3, 0.4) is 0 Å². The van der Waals surface area contributed by atoms with E-state index in [2.05, 4.69) is 5.32 Å². The molecule has 0 aromatic carbocycles. The highest BCUT2D eigenvalue weighted by molar-refractivity contribution is 5.70. The smallest absolute Gasteiger partial charge is 0.307 e. The molecule has 4 N–H and O–H groups in total. The van der Waals surface area contributed by atoms with Gasteiger partial charge in [-0.15, -0.1) is 0 Å². The Kier molecular flexibility index (Phi) is 5.01. The average Bonchev–Trinajstić information content (AvgIpc) is 2.65. The van der Waals surface area contributed by atoms with Crippen molar-refractivity contribution >= 4 is 5.97 Å². The lowest BCUT2D eigenvalue weighted by Crippen LogP contribution is -2.36. The van der Waals surface area contributed by atoms with E-state index in [0.29, 0.717) is 0 Å². The number of allylic oxidation sites excluding steroid dienone is 1. The largest absolute Gasteiger partial charge is 0.512 e. The first-order valence-electron chi connectivity index (χ1n) is 7.20. The second-order valence-electron chi connectivity index (χ2n) is 5.62. The minimum atomic E-state index is -1.12. The zero-order chi connectivity index (χ0) is 14.7. The second-order valence-corrected chi connectivity index (χ2v) is 5.62. The third-order valence-electron chi connectivity index (χ3n) is 4.02. The van der Waals surface area contributed by atoms with E-state index < -0.39 is 18.4 Å². The SMILES string of the molecule is C/C(O)=C1\C(O)NC(CC(=O)OC2CCCCC2)C1O. The number of hydrogen-bond acceptors (Lipinski definition) is 6. The molecule has 1 aliphatic carbocycles. The monoisotopic (exact) mass is 285 g/mol. The molecular formula is C14H23NO5. The Morgan fingerprint density at radius 3 is 2.50 bits per heavy atom. The van der Waals surface area contributed by atoms with E-state index in [4.69, 9.17) is 4.74 Å². The van der Waals surface area contributed by atoms with Crippen LogP contribution in [0.2, 0.25) is 0 Å². The lowest BCUT2D eigenvalue weighted by Gasteiger charge is -2.23. The minimum absolute atomic E-state index is 0.0192. The topological polar surface area (TPSA) is 99.0 Å². The first kappa shape index (κ1) is 15.3. The van der Waals surface area contributed by atoms with Crippen LogP contribution >= 0.6 is 0 Å². The molecule has 0 spiro atoms. The van der Waals surface area contributed by atoms with Gasteiger partial charge in [-0.3, -0.25) is 10.1 Å². The Labute approximate surface area is 118 Å². The van der Waals surface area contributed by atoms with Gasteiger partial charge in [-0.1, -0.05) is 6.42 Å². The van der Waals surface area contributed by atoms with Gasteiger partial charge in [0.2, 0.25) is 0 Å². The summed E-state index contributed by atoms with van der Waals surface area (Å²) in [7, 11) is 0. The van der Waals surface area contributed by atoms with Crippen molar-refractivity contribution in [2.75, 3.05) is 0 Å². The number of aliphatic hydroxyl groups excluding tert-OH is 3. The van der Waals surface area contributed by atoms with Crippen LogP contribution in [0.15, 0.2) is 11.3 Å². The Balaban J connectivity index is 1.87. The summed E-state index contributed by atoms with van der Waals surface area (Å²) in [6.07, 6.45) is 2.91. The maximum Gasteiger partial charge on any atom is 0.307 e. The van der Waals surface area contributed by atoms with Gasteiger partial charge in [-0.05, 0) is 32.6 Å². The van der Waals surface area contributed by atoms with E-state index in [-0.39, 0.29) is 29.8 Å². The van der Waals surface area contributed by atoms with Crippen molar-refractivity contribution in [3.63, 3.8) is 0 Å². The summed E-state index contributed by atoms with van der Waals surface area (Å²) < 4.78 is 5.38. The number of aliphatic hydroxyl groups is 3. The van der Waals surface area contributed by atoms with Gasteiger partial charge in [-0.25, -0.2) is 0 Å². The Morgan fingerprint density at radius 1 is 1.30 bits per heavy atom. The molecule has 1 aliphatic heterocycles. The van der Waals surface area contributed by atoms with Crippen LogP contribution in [-0.4, -0.2) is 45.8 Å². The molecule has 6 heteroatoms. The number of ether oxygens (including phenoxy) is 1. The predicted octanol–water partition coefficient (Wildman–Crippen LogP) is 0.735. The molecule has 2 rings (SSSR count). The van der Waals surface area contributed by atoms with Crippen molar-refractivity contribution in [2.45, 2.75) is 69.9 Å². The van der Waals surface area contributed by atoms with Crippen molar-refractivity contribution in [1.82, 2.24) is 5.32 Å². The molecule has 0 bridgehead atoms. The van der Waals surface area contributed by atoms with Crippen LogP contribution in [0.25, 0.3) is 0 Å². The fraction of sp³-hybridized carbons (Fsp3) is 0.786. The molecule has 0 aromatic heterocycles. The summed E-state index contributed by atoms with van der Waals surface area (Å²) in [5.41, 5.74) is 0.125. The lowest BCUT2D eigenvalue weighted by molar-refractivity contribution is -0.151. The Bertz CT molecular complexity index is 385. The fourth-order valence-electron chi connectivity index (χ4n) is 2.94. The molecule has 0 radical (unpaired) electrons. The molecule has 1 saturated carbocycles. The molecular weight excluding hydrogens is 262 g/mol. The molecule has 20 heavy (non-hydrogen) atoms. The lowest BCUT2D eigenvalue weighted by atomic mass is 9.97. The zero-order valence-electron chi connectivity index (χ0n) is 11.7. The second kappa shape index (κ2) is 6.56. The van der Waals surface area contributed by atoms with Crippen molar-refractivity contribution in [3.05, 3.63) is 11.3 Å². The molecule has 2 aliphatic rings. The standard InChI is InChI=1S/C14H23NO5/c1-8(16)12-13(18)10(15-14(12)19)7-11(17)20-9-5-3-2-4-6-9/h9-10,13-16,18-19H,2-7H2,1H3/b12-8+. The van der Waals surface area contributed by atoms with Gasteiger partial charge in [-0.2, -0.15) is 0 Å². The number of carbonyl (C=O) groups is 1. The summed E-state index contributed by atoms with van der Waals surface area (Å²) in [6.45, 7) is 1.40. The quantitative estimate of drug-likeness (QED) is 0.451. The minimum Gasteiger partial charge on any atom is -0.512 e. The number of hydrogen-bond donors (Lipinski definition) is 4. The van der Waals surface area contributed by atoms with Gasteiger partial charge in [0.15, 0.2) is 0 Å². The first-order chi connectivity index (χ1) is 9.49. The van der Waals surface area contributed by atoms with E-state index in [9.17, 15) is 20.1 Å². The summed E-state index contributed by atoms with van der Waals surface area (Å²) in [4.78, 5) is 11.9. The molecule has 0 aromatic rings. The average molecular weight is 285 g/mol. The summed E-state index contributed by atoms with van der Waals surface area (Å²) in [5, 5.41) is 31.8. The summed E-state index contributed by atoms with van der Waals surface area (Å²) in [5.74, 6) is -0.502. The van der Waals surface area contributed by atoms with Crippen LogP contribution in [0.1, 0.15) is 45.4 Å². The highest BCUT2D eigenvalue weighted by Gasteiger charge is 2.39. The third-order valence-corrected chi connectivity index (χ3v) is 4.02. The van der Waals surface area contributed by atoms with Crippen LogP contribution in [0.5, 0.6) is 0 Å². The van der Waals surface area contributed by atoms with E-state index in [0.717, 1.165) is 25.7 Å². The van der Waals surface area contributed by atoms with Crippen molar-refractivity contribution in [3.8, 4) is 0 Å². The van der Waals surface area contributed by atoms with Gasteiger partial charge >= 0.3 is 5.97 Å². The van der Waals surface area contributed by atoms with Crippen molar-refractivity contribution in [2.24, 2.45) is 0 Å². The number of nitrogens with one attached hydrogen (secondary N) is 1. The van der Waals surface area contributed by atoms with Crippen LogP contribution < -0.4 is 5.32 Å². The summed E-state index contributed by atoms with van der Waals surface area (Å²) >= 11 is 0. The van der Waals surface area contributed by atoms with E-state index in [1.807, 2.05) is 0 Å². The Hall–Kier alpha value is -1.11. The fourth-order valence-corrected chi connectivity index (χ4v) is 2.94. The highest BCUT2D eigenvalue weighted by Crippen LogP contribution is 2.25. The summed E-state index contributed by atoms with van der Waals surface area (Å²) in [6, 6.07) is -0.627. The van der Waals surface area contributed by atoms with Gasteiger partial charge in [0.25, 0.3) is 0 Å². The maximum absolute atomic E-state index is 11.9. The van der Waals surface area contributed by atoms with E-state index >= 15 is 0 Å². The van der Waals surface area contributed by atoms with E-state index in [1.165, 1.54) is 13.3 Å². The van der Waals surface area contributed by atoms with Crippen LogP contribution in [0.4, 0.5) is 0 Å². The highest BCUT2D eigenvalue weighted by atomic mass is 16.5. The third kappa shape index (κ3) is 3.50. The molecule has 3 atom stereocenters. The first-order valence-corrected chi connectivity index (χ1v) is 7.20. The van der Waals surface area contributed by atoms with Crippen LogP contribution in [-0.2, 0) is 9.53 Å². The molecule has 3 unspecified atom stereocenters. The molecule has 0 amide bonds. The number of rotatable bonds is 3. The molecule has 2 fully saturated rings.